The minimum atomic E-state index is 0.239. The van der Waals surface area contributed by atoms with E-state index in [0.717, 1.165) is 5.75 Å². The third-order valence-electron chi connectivity index (χ3n) is 1.42. The van der Waals surface area contributed by atoms with Gasteiger partial charge in [0.2, 0.25) is 0 Å². The second-order valence-corrected chi connectivity index (χ2v) is 4.03. The quantitative estimate of drug-likeness (QED) is 0.750. The molecule has 0 fully saturated rings. The lowest BCUT2D eigenvalue weighted by atomic mass is 10.3. The Balaban J connectivity index is 2.59. The second-order valence-electron chi connectivity index (χ2n) is 2.94. The molecule has 0 radical (unpaired) electrons. The van der Waals surface area contributed by atoms with Crippen molar-refractivity contribution >= 4 is 11.9 Å². The van der Waals surface area contributed by atoms with Crippen LogP contribution in [0.15, 0.2) is 29.2 Å². The van der Waals surface area contributed by atoms with Crippen LogP contribution in [0.1, 0.15) is 13.8 Å². The van der Waals surface area contributed by atoms with Crippen molar-refractivity contribution in [2.24, 2.45) is 0 Å². The molecule has 0 aliphatic rings. The summed E-state index contributed by atoms with van der Waals surface area (Å²) in [6, 6.07) is 8.05. The molecule has 1 aromatic carbocycles. The standard InChI is InChI=1S/C10H15NOS/c1-8(2)12-9-4-6-10(7-5-9)13-11-3/h4-8,11H,1-3H3. The molecule has 0 saturated carbocycles. The second kappa shape index (κ2) is 5.14. The molecular formula is C10H15NOS. The molecule has 2 nitrogen and oxygen atoms in total. The predicted molar refractivity (Wildman–Crippen MR) is 57.1 cm³/mol. The number of benzene rings is 1. The zero-order valence-corrected chi connectivity index (χ0v) is 9.02. The Morgan fingerprint density at radius 2 is 1.85 bits per heavy atom. The molecule has 0 aliphatic heterocycles. The van der Waals surface area contributed by atoms with E-state index in [4.69, 9.17) is 4.74 Å². The smallest absolute Gasteiger partial charge is 0.119 e. The molecule has 1 aromatic rings. The van der Waals surface area contributed by atoms with Gasteiger partial charge in [-0.25, -0.2) is 0 Å². The molecule has 0 amide bonds. The van der Waals surface area contributed by atoms with Gasteiger partial charge in [-0.05, 0) is 57.1 Å². The predicted octanol–water partition coefficient (Wildman–Crippen LogP) is 2.70. The molecule has 1 N–H and O–H groups in total. The molecule has 0 atom stereocenters. The summed E-state index contributed by atoms with van der Waals surface area (Å²) in [4.78, 5) is 1.19. The van der Waals surface area contributed by atoms with Crippen LogP contribution in [0.4, 0.5) is 0 Å². The molecule has 72 valence electrons. The van der Waals surface area contributed by atoms with Gasteiger partial charge in [0.1, 0.15) is 5.75 Å². The lowest BCUT2D eigenvalue weighted by molar-refractivity contribution is 0.242. The van der Waals surface area contributed by atoms with Crippen molar-refractivity contribution in [3.05, 3.63) is 24.3 Å². The van der Waals surface area contributed by atoms with E-state index in [1.165, 1.54) is 4.90 Å². The third-order valence-corrected chi connectivity index (χ3v) is 2.13. The highest BCUT2D eigenvalue weighted by molar-refractivity contribution is 7.97. The van der Waals surface area contributed by atoms with Gasteiger partial charge in [0, 0.05) is 4.90 Å². The minimum absolute atomic E-state index is 0.239. The van der Waals surface area contributed by atoms with Gasteiger partial charge in [0.05, 0.1) is 6.10 Å². The summed E-state index contributed by atoms with van der Waals surface area (Å²) in [6.45, 7) is 4.05. The van der Waals surface area contributed by atoms with Gasteiger partial charge in [-0.3, -0.25) is 4.72 Å². The van der Waals surface area contributed by atoms with Gasteiger partial charge in [0.15, 0.2) is 0 Å². The van der Waals surface area contributed by atoms with Gasteiger partial charge in [-0.2, -0.15) is 0 Å². The van der Waals surface area contributed by atoms with Crippen LogP contribution in [0.3, 0.4) is 0 Å². The Morgan fingerprint density at radius 3 is 2.31 bits per heavy atom. The maximum absolute atomic E-state index is 5.52. The molecule has 1 rings (SSSR count). The summed E-state index contributed by atoms with van der Waals surface area (Å²) in [7, 11) is 1.91. The van der Waals surface area contributed by atoms with Gasteiger partial charge in [0.25, 0.3) is 0 Å². The minimum Gasteiger partial charge on any atom is -0.491 e. The largest absolute Gasteiger partial charge is 0.491 e. The number of hydrogen-bond acceptors (Lipinski definition) is 3. The summed E-state index contributed by atoms with van der Waals surface area (Å²) in [5.41, 5.74) is 0. The number of ether oxygens (including phenoxy) is 1. The highest BCUT2D eigenvalue weighted by Gasteiger charge is 1.97. The van der Waals surface area contributed by atoms with Crippen molar-refractivity contribution in [3.8, 4) is 5.75 Å². The van der Waals surface area contributed by atoms with Crippen LogP contribution in [0.5, 0.6) is 5.75 Å². The normalized spacial score (nSPS) is 10.5. The van der Waals surface area contributed by atoms with Crippen molar-refractivity contribution < 1.29 is 4.74 Å². The number of rotatable bonds is 4. The van der Waals surface area contributed by atoms with E-state index >= 15 is 0 Å². The van der Waals surface area contributed by atoms with E-state index in [1.54, 1.807) is 11.9 Å². The fourth-order valence-corrected chi connectivity index (χ4v) is 1.48. The summed E-state index contributed by atoms with van der Waals surface area (Å²) in [5, 5.41) is 0. The first-order valence-corrected chi connectivity index (χ1v) is 5.14. The Bertz CT molecular complexity index is 246. The van der Waals surface area contributed by atoms with E-state index < -0.39 is 0 Å². The summed E-state index contributed by atoms with van der Waals surface area (Å²) >= 11 is 1.60. The Kier molecular flexibility index (Phi) is 4.12. The first-order chi connectivity index (χ1) is 6.22. The lowest BCUT2D eigenvalue weighted by Crippen LogP contribution is -2.05. The topological polar surface area (TPSA) is 21.3 Å². The molecule has 0 aromatic heterocycles. The van der Waals surface area contributed by atoms with Crippen LogP contribution in [-0.2, 0) is 0 Å². The number of hydrogen-bond donors (Lipinski definition) is 1. The maximum atomic E-state index is 5.52. The van der Waals surface area contributed by atoms with Gasteiger partial charge < -0.3 is 4.74 Å². The molecule has 13 heavy (non-hydrogen) atoms. The van der Waals surface area contributed by atoms with E-state index in [1.807, 2.05) is 45.2 Å². The maximum Gasteiger partial charge on any atom is 0.119 e. The Labute approximate surface area is 83.8 Å². The summed E-state index contributed by atoms with van der Waals surface area (Å²) in [6.07, 6.45) is 0.239. The van der Waals surface area contributed by atoms with Crippen LogP contribution >= 0.6 is 11.9 Å². The monoisotopic (exact) mass is 197 g/mol. The third kappa shape index (κ3) is 3.70. The highest BCUT2D eigenvalue weighted by atomic mass is 32.2. The molecular weight excluding hydrogens is 182 g/mol. The van der Waals surface area contributed by atoms with Crippen LogP contribution < -0.4 is 9.46 Å². The van der Waals surface area contributed by atoms with Crippen molar-refractivity contribution in [2.45, 2.75) is 24.8 Å². The average Bonchev–Trinajstić information content (AvgIpc) is 2.08. The summed E-state index contributed by atoms with van der Waals surface area (Å²) < 4.78 is 8.54. The van der Waals surface area contributed by atoms with E-state index in [-0.39, 0.29) is 6.10 Å². The molecule has 0 bridgehead atoms. The van der Waals surface area contributed by atoms with Crippen molar-refractivity contribution in [3.63, 3.8) is 0 Å². The Hall–Kier alpha value is -0.670. The molecule has 0 aliphatic carbocycles. The van der Waals surface area contributed by atoms with Crippen LogP contribution in [0.2, 0.25) is 0 Å². The summed E-state index contributed by atoms with van der Waals surface area (Å²) in [5.74, 6) is 0.926. The highest BCUT2D eigenvalue weighted by Crippen LogP contribution is 2.19. The first kappa shape index (κ1) is 10.4. The zero-order chi connectivity index (χ0) is 9.68. The Morgan fingerprint density at radius 1 is 1.23 bits per heavy atom. The van der Waals surface area contributed by atoms with E-state index in [0.29, 0.717) is 0 Å². The molecule has 0 saturated heterocycles. The fourth-order valence-electron chi connectivity index (χ4n) is 0.976. The van der Waals surface area contributed by atoms with E-state index in [2.05, 4.69) is 4.72 Å². The van der Waals surface area contributed by atoms with Crippen LogP contribution in [0, 0.1) is 0 Å². The van der Waals surface area contributed by atoms with Gasteiger partial charge in [-0.1, -0.05) is 0 Å². The van der Waals surface area contributed by atoms with Crippen LogP contribution in [-0.4, -0.2) is 13.2 Å². The first-order valence-electron chi connectivity index (χ1n) is 4.32. The molecule has 0 spiro atoms. The molecule has 3 heteroatoms. The fraction of sp³-hybridized carbons (Fsp3) is 0.400. The number of nitrogens with one attached hydrogen (secondary N) is 1. The van der Waals surface area contributed by atoms with Gasteiger partial charge in [-0.15, -0.1) is 0 Å². The van der Waals surface area contributed by atoms with Gasteiger partial charge >= 0.3 is 0 Å². The molecule has 0 heterocycles. The average molecular weight is 197 g/mol. The van der Waals surface area contributed by atoms with Crippen molar-refractivity contribution in [1.82, 2.24) is 4.72 Å². The lowest BCUT2D eigenvalue weighted by Gasteiger charge is -2.09. The van der Waals surface area contributed by atoms with Crippen molar-refractivity contribution in [2.75, 3.05) is 7.05 Å². The SMILES string of the molecule is CNSc1ccc(OC(C)C)cc1. The van der Waals surface area contributed by atoms with Crippen molar-refractivity contribution in [1.29, 1.82) is 0 Å². The zero-order valence-electron chi connectivity index (χ0n) is 8.20. The van der Waals surface area contributed by atoms with E-state index in [9.17, 15) is 0 Å². The van der Waals surface area contributed by atoms with Crippen LogP contribution in [0.25, 0.3) is 0 Å². The molecule has 0 unspecified atom stereocenters.